The number of aromatic nitrogens is 2. The van der Waals surface area contributed by atoms with Crippen LogP contribution in [0.15, 0.2) is 36.0 Å². The van der Waals surface area contributed by atoms with E-state index in [1.807, 2.05) is 0 Å². The molecule has 1 aromatic carbocycles. The second-order valence-electron chi connectivity index (χ2n) is 4.97. The number of anilines is 3. The number of thiophene rings is 1. The molecule has 5 heteroatoms. The van der Waals surface area contributed by atoms with Gasteiger partial charge in [0, 0.05) is 16.0 Å². The summed E-state index contributed by atoms with van der Waals surface area (Å²) < 4.78 is 1.28. The van der Waals surface area contributed by atoms with E-state index in [0.717, 1.165) is 17.1 Å². The van der Waals surface area contributed by atoms with Crippen LogP contribution in [0.5, 0.6) is 0 Å². The summed E-state index contributed by atoms with van der Waals surface area (Å²) in [6, 6.07) is 8.40. The third kappa shape index (κ3) is 2.32. The van der Waals surface area contributed by atoms with Gasteiger partial charge >= 0.3 is 0 Å². The van der Waals surface area contributed by atoms with Gasteiger partial charge in [0.15, 0.2) is 0 Å². The molecule has 0 atom stereocenters. The summed E-state index contributed by atoms with van der Waals surface area (Å²) in [7, 11) is 0. The van der Waals surface area contributed by atoms with Gasteiger partial charge in [0.2, 0.25) is 0 Å². The Kier molecular flexibility index (Phi) is 3.28. The number of nitrogens with one attached hydrogen (secondary N) is 1. The predicted molar refractivity (Wildman–Crippen MR) is 85.6 cm³/mol. The van der Waals surface area contributed by atoms with Gasteiger partial charge in [0.25, 0.3) is 0 Å². The summed E-state index contributed by atoms with van der Waals surface area (Å²) in [6.45, 7) is 4.17. The van der Waals surface area contributed by atoms with Crippen LogP contribution in [-0.2, 0) is 0 Å². The molecule has 0 aliphatic heterocycles. The molecule has 0 aliphatic rings. The number of fused-ring (bicyclic) bond motifs is 1. The minimum Gasteiger partial charge on any atom is -0.383 e. The number of nitrogen functional groups attached to an aromatic ring is 1. The quantitative estimate of drug-likeness (QED) is 0.758. The molecule has 0 bridgehead atoms. The number of nitrogens with zero attached hydrogens (tertiary/aromatic N) is 2. The van der Waals surface area contributed by atoms with E-state index < -0.39 is 0 Å². The summed E-state index contributed by atoms with van der Waals surface area (Å²) in [5.41, 5.74) is 7.93. The predicted octanol–water partition coefficient (Wildman–Crippen LogP) is 4.14. The van der Waals surface area contributed by atoms with Crippen molar-refractivity contribution in [2.45, 2.75) is 19.8 Å². The fourth-order valence-corrected chi connectivity index (χ4v) is 3.03. The maximum absolute atomic E-state index is 5.96. The van der Waals surface area contributed by atoms with Crippen molar-refractivity contribution in [1.29, 1.82) is 0 Å². The molecular weight excluding hydrogens is 268 g/mol. The topological polar surface area (TPSA) is 63.8 Å². The Morgan fingerprint density at radius 3 is 2.85 bits per heavy atom. The average Bonchev–Trinajstić information content (AvgIpc) is 2.85. The van der Waals surface area contributed by atoms with Crippen LogP contribution in [0.4, 0.5) is 17.3 Å². The Hall–Kier alpha value is -2.14. The zero-order valence-electron chi connectivity index (χ0n) is 11.4. The van der Waals surface area contributed by atoms with E-state index in [4.69, 9.17) is 5.73 Å². The molecule has 0 spiro atoms. The molecule has 0 saturated heterocycles. The van der Waals surface area contributed by atoms with E-state index in [2.05, 4.69) is 58.8 Å². The van der Waals surface area contributed by atoms with E-state index >= 15 is 0 Å². The van der Waals surface area contributed by atoms with Crippen LogP contribution in [0, 0.1) is 0 Å². The van der Waals surface area contributed by atoms with Crippen LogP contribution in [0.2, 0.25) is 0 Å². The van der Waals surface area contributed by atoms with Crippen LogP contribution >= 0.6 is 11.3 Å². The lowest BCUT2D eigenvalue weighted by Crippen LogP contribution is -2.06. The van der Waals surface area contributed by atoms with E-state index in [1.165, 1.54) is 16.4 Å². The molecule has 3 aromatic rings. The molecule has 0 amide bonds. The first-order chi connectivity index (χ1) is 9.65. The largest absolute Gasteiger partial charge is 0.383 e. The van der Waals surface area contributed by atoms with Crippen molar-refractivity contribution in [3.63, 3.8) is 0 Å². The highest BCUT2D eigenvalue weighted by molar-refractivity contribution is 7.17. The fraction of sp³-hybridized carbons (Fsp3) is 0.200. The van der Waals surface area contributed by atoms with Gasteiger partial charge in [-0.05, 0) is 40.9 Å². The SMILES string of the molecule is CC(C)c1c(N)ncnc1Nc1ccc2sccc2c1. The monoisotopic (exact) mass is 284 g/mol. The first-order valence-corrected chi connectivity index (χ1v) is 7.38. The van der Waals surface area contributed by atoms with Gasteiger partial charge in [0.05, 0.1) is 0 Å². The fourth-order valence-electron chi connectivity index (χ4n) is 2.26. The smallest absolute Gasteiger partial charge is 0.139 e. The Balaban J connectivity index is 2.00. The summed E-state index contributed by atoms with van der Waals surface area (Å²) in [5, 5.41) is 6.67. The molecule has 2 heterocycles. The number of rotatable bonds is 3. The van der Waals surface area contributed by atoms with Crippen LogP contribution in [0.25, 0.3) is 10.1 Å². The molecule has 0 unspecified atom stereocenters. The van der Waals surface area contributed by atoms with Gasteiger partial charge in [-0.1, -0.05) is 13.8 Å². The number of nitrogens with two attached hydrogens (primary N) is 1. The van der Waals surface area contributed by atoms with Gasteiger partial charge in [-0.25, -0.2) is 9.97 Å². The lowest BCUT2D eigenvalue weighted by atomic mass is 10.0. The molecule has 3 rings (SSSR count). The third-order valence-corrected chi connectivity index (χ3v) is 4.11. The van der Waals surface area contributed by atoms with Crippen LogP contribution in [-0.4, -0.2) is 9.97 Å². The molecule has 2 aromatic heterocycles. The third-order valence-electron chi connectivity index (χ3n) is 3.21. The Labute approximate surface area is 121 Å². The van der Waals surface area contributed by atoms with Crippen molar-refractivity contribution in [2.75, 3.05) is 11.1 Å². The molecule has 102 valence electrons. The number of hydrogen-bond acceptors (Lipinski definition) is 5. The lowest BCUT2D eigenvalue weighted by Gasteiger charge is -2.14. The molecule has 0 saturated carbocycles. The normalized spacial score (nSPS) is 11.2. The van der Waals surface area contributed by atoms with E-state index in [-0.39, 0.29) is 5.92 Å². The Morgan fingerprint density at radius 1 is 1.20 bits per heavy atom. The van der Waals surface area contributed by atoms with Gasteiger partial charge in [-0.2, -0.15) is 0 Å². The molecular formula is C15H16N4S. The first kappa shape index (κ1) is 12.9. The van der Waals surface area contributed by atoms with Crippen molar-refractivity contribution >= 4 is 38.7 Å². The molecule has 20 heavy (non-hydrogen) atoms. The van der Waals surface area contributed by atoms with Gasteiger partial charge < -0.3 is 11.1 Å². The maximum atomic E-state index is 5.96. The highest BCUT2D eigenvalue weighted by Crippen LogP contribution is 2.30. The standard InChI is InChI=1S/C15H16N4S/c1-9(2)13-14(16)17-8-18-15(13)19-11-3-4-12-10(7-11)5-6-20-12/h3-9H,1-2H3,(H3,16,17,18,19). The lowest BCUT2D eigenvalue weighted by molar-refractivity contribution is 0.855. The highest BCUT2D eigenvalue weighted by atomic mass is 32.1. The van der Waals surface area contributed by atoms with Gasteiger partial charge in [-0.3, -0.25) is 0 Å². The molecule has 0 radical (unpaired) electrons. The summed E-state index contributed by atoms with van der Waals surface area (Å²) in [4.78, 5) is 8.40. The first-order valence-electron chi connectivity index (χ1n) is 6.50. The number of benzene rings is 1. The zero-order chi connectivity index (χ0) is 14.1. The van der Waals surface area contributed by atoms with Crippen molar-refractivity contribution in [2.24, 2.45) is 0 Å². The average molecular weight is 284 g/mol. The van der Waals surface area contributed by atoms with E-state index in [9.17, 15) is 0 Å². The summed E-state index contributed by atoms with van der Waals surface area (Å²) in [6.07, 6.45) is 1.49. The minimum atomic E-state index is 0.267. The molecule has 3 N–H and O–H groups in total. The second kappa shape index (κ2) is 5.09. The van der Waals surface area contributed by atoms with Gasteiger partial charge in [0.1, 0.15) is 18.0 Å². The zero-order valence-corrected chi connectivity index (χ0v) is 12.2. The minimum absolute atomic E-state index is 0.267. The van der Waals surface area contributed by atoms with Crippen molar-refractivity contribution in [3.8, 4) is 0 Å². The van der Waals surface area contributed by atoms with Gasteiger partial charge in [-0.15, -0.1) is 11.3 Å². The summed E-state index contributed by atoms with van der Waals surface area (Å²) >= 11 is 1.74. The number of hydrogen-bond donors (Lipinski definition) is 2. The molecule has 4 nitrogen and oxygen atoms in total. The molecule has 0 aliphatic carbocycles. The van der Waals surface area contributed by atoms with Crippen molar-refractivity contribution in [3.05, 3.63) is 41.5 Å². The Morgan fingerprint density at radius 2 is 2.05 bits per heavy atom. The maximum Gasteiger partial charge on any atom is 0.139 e. The Bertz CT molecular complexity index is 748. The summed E-state index contributed by atoms with van der Waals surface area (Å²) in [5.74, 6) is 1.58. The van der Waals surface area contributed by atoms with Crippen molar-refractivity contribution < 1.29 is 0 Å². The van der Waals surface area contributed by atoms with E-state index in [1.54, 1.807) is 11.3 Å². The van der Waals surface area contributed by atoms with Crippen LogP contribution in [0.1, 0.15) is 25.3 Å². The highest BCUT2D eigenvalue weighted by Gasteiger charge is 2.13. The van der Waals surface area contributed by atoms with Crippen molar-refractivity contribution in [1.82, 2.24) is 9.97 Å². The van der Waals surface area contributed by atoms with Crippen LogP contribution in [0.3, 0.4) is 0 Å². The van der Waals surface area contributed by atoms with Crippen LogP contribution < -0.4 is 11.1 Å². The van der Waals surface area contributed by atoms with E-state index in [0.29, 0.717) is 5.82 Å². The molecule has 0 fully saturated rings. The second-order valence-corrected chi connectivity index (χ2v) is 5.92.